The van der Waals surface area contributed by atoms with Crippen LogP contribution in [0.1, 0.15) is 76.7 Å². The Morgan fingerprint density at radius 2 is 1.68 bits per heavy atom. The van der Waals surface area contributed by atoms with Gasteiger partial charge in [-0.1, -0.05) is 76.8 Å². The molecule has 0 heterocycles. The zero-order valence-electron chi connectivity index (χ0n) is 15.5. The van der Waals surface area contributed by atoms with Crippen LogP contribution in [0.15, 0.2) is 29.4 Å². The van der Waals surface area contributed by atoms with Gasteiger partial charge >= 0.3 is 0 Å². The molecule has 1 rings (SSSR count). The molecule has 0 spiro atoms. The van der Waals surface area contributed by atoms with Crippen LogP contribution >= 0.6 is 12.2 Å². The minimum Gasteiger partial charge on any atom is -0.508 e. The number of phenols is 1. The minimum absolute atomic E-state index is 0.227. The van der Waals surface area contributed by atoms with Crippen LogP contribution in [0.2, 0.25) is 0 Å². The largest absolute Gasteiger partial charge is 0.508 e. The number of benzene rings is 1. The lowest BCUT2D eigenvalue weighted by molar-refractivity contribution is 0.475. The molecule has 0 amide bonds. The Morgan fingerprint density at radius 1 is 1.04 bits per heavy atom. The van der Waals surface area contributed by atoms with Gasteiger partial charge in [-0.05, 0) is 36.3 Å². The fourth-order valence-corrected chi connectivity index (χ4v) is 2.78. The highest BCUT2D eigenvalue weighted by Crippen LogP contribution is 2.10. The number of hydrogen-bond acceptors (Lipinski definition) is 3. The lowest BCUT2D eigenvalue weighted by Crippen LogP contribution is -2.32. The normalized spacial score (nSPS) is 10.9. The average molecular weight is 364 g/mol. The molecule has 4 nitrogen and oxygen atoms in total. The number of nitrogens with zero attached hydrogens (tertiary/aromatic N) is 1. The monoisotopic (exact) mass is 363 g/mol. The molecular weight excluding hydrogens is 330 g/mol. The maximum absolute atomic E-state index is 9.37. The van der Waals surface area contributed by atoms with Gasteiger partial charge in [0.25, 0.3) is 0 Å². The Morgan fingerprint density at radius 3 is 2.32 bits per heavy atom. The smallest absolute Gasteiger partial charge is 0.186 e. The lowest BCUT2D eigenvalue weighted by Gasteiger charge is -2.07. The summed E-state index contributed by atoms with van der Waals surface area (Å²) in [4.78, 5) is 0. The van der Waals surface area contributed by atoms with Gasteiger partial charge < -0.3 is 10.4 Å². The minimum atomic E-state index is 0.227. The van der Waals surface area contributed by atoms with E-state index in [1.165, 1.54) is 57.8 Å². The standard InChI is InChI=1S/C20H33N3OS/c1-2-3-4-5-6-7-8-9-10-11-15-21-20(25)23-22-17-18-13-12-14-19(24)16-18/h12-14,16-17,24H,2-11,15H2,1H3,(H2,21,23,25). The van der Waals surface area contributed by atoms with E-state index < -0.39 is 0 Å². The van der Waals surface area contributed by atoms with Crippen molar-refractivity contribution in [3.05, 3.63) is 29.8 Å². The first-order valence-corrected chi connectivity index (χ1v) is 9.99. The molecule has 0 radical (unpaired) electrons. The second-order valence-corrected chi connectivity index (χ2v) is 6.81. The molecule has 1 aromatic carbocycles. The van der Waals surface area contributed by atoms with E-state index in [1.54, 1.807) is 24.4 Å². The van der Waals surface area contributed by atoms with Crippen molar-refractivity contribution < 1.29 is 5.11 Å². The van der Waals surface area contributed by atoms with Crippen LogP contribution in [0.3, 0.4) is 0 Å². The van der Waals surface area contributed by atoms with E-state index in [2.05, 4.69) is 22.8 Å². The van der Waals surface area contributed by atoms with Gasteiger partial charge in [0.1, 0.15) is 5.75 Å². The number of hydrazone groups is 1. The molecule has 0 saturated carbocycles. The molecule has 1 aromatic rings. The first kappa shape index (κ1) is 21.4. The molecular formula is C20H33N3OS. The molecule has 25 heavy (non-hydrogen) atoms. The number of nitrogens with one attached hydrogen (secondary N) is 2. The highest BCUT2D eigenvalue weighted by molar-refractivity contribution is 7.80. The second-order valence-electron chi connectivity index (χ2n) is 6.40. The van der Waals surface area contributed by atoms with Gasteiger partial charge in [0.05, 0.1) is 6.21 Å². The third-order valence-electron chi connectivity index (χ3n) is 4.07. The van der Waals surface area contributed by atoms with Crippen molar-refractivity contribution in [2.45, 2.75) is 71.1 Å². The van der Waals surface area contributed by atoms with Gasteiger partial charge in [0, 0.05) is 6.54 Å². The molecule has 3 N–H and O–H groups in total. The van der Waals surface area contributed by atoms with E-state index in [-0.39, 0.29) is 5.75 Å². The molecule has 5 heteroatoms. The summed E-state index contributed by atoms with van der Waals surface area (Å²) in [6, 6.07) is 6.92. The molecule has 0 aromatic heterocycles. The maximum atomic E-state index is 9.37. The molecule has 0 unspecified atom stereocenters. The molecule has 0 atom stereocenters. The second kappa shape index (κ2) is 14.7. The number of phenolic OH excluding ortho intramolecular Hbond substituents is 1. The fraction of sp³-hybridized carbons (Fsp3) is 0.600. The summed E-state index contributed by atoms with van der Waals surface area (Å²) in [7, 11) is 0. The Kier molecular flexibility index (Phi) is 12.6. The number of aromatic hydroxyl groups is 1. The molecule has 0 bridgehead atoms. The van der Waals surface area contributed by atoms with Crippen LogP contribution in [0.4, 0.5) is 0 Å². The Bertz CT molecular complexity index is 505. The number of unbranched alkanes of at least 4 members (excludes halogenated alkanes) is 9. The van der Waals surface area contributed by atoms with Crippen LogP contribution in [0.5, 0.6) is 5.75 Å². The Balaban J connectivity index is 1.93. The topological polar surface area (TPSA) is 56.7 Å². The summed E-state index contributed by atoms with van der Waals surface area (Å²) in [6.45, 7) is 3.14. The van der Waals surface area contributed by atoms with E-state index in [0.29, 0.717) is 5.11 Å². The molecule has 0 aliphatic carbocycles. The highest BCUT2D eigenvalue weighted by atomic mass is 32.1. The summed E-state index contributed by atoms with van der Waals surface area (Å²) in [5.41, 5.74) is 3.62. The summed E-state index contributed by atoms with van der Waals surface area (Å²) >= 11 is 5.18. The highest BCUT2D eigenvalue weighted by Gasteiger charge is 1.95. The van der Waals surface area contributed by atoms with Gasteiger partial charge in [0.15, 0.2) is 5.11 Å². The first-order valence-electron chi connectivity index (χ1n) is 9.58. The number of hydrogen-bond donors (Lipinski definition) is 3. The van der Waals surface area contributed by atoms with Crippen LogP contribution in [0.25, 0.3) is 0 Å². The lowest BCUT2D eigenvalue weighted by atomic mass is 10.1. The van der Waals surface area contributed by atoms with Gasteiger partial charge in [-0.2, -0.15) is 5.10 Å². The van der Waals surface area contributed by atoms with Crippen LogP contribution in [-0.2, 0) is 0 Å². The van der Waals surface area contributed by atoms with Gasteiger partial charge in [-0.15, -0.1) is 0 Å². The van der Waals surface area contributed by atoms with E-state index >= 15 is 0 Å². The van der Waals surface area contributed by atoms with Gasteiger partial charge in [-0.25, -0.2) is 0 Å². The number of thiocarbonyl (C=S) groups is 1. The predicted octanol–water partition coefficient (Wildman–Crippen LogP) is 5.11. The van der Waals surface area contributed by atoms with Crippen molar-refractivity contribution in [1.29, 1.82) is 0 Å². The van der Waals surface area contributed by atoms with Crippen molar-refractivity contribution in [1.82, 2.24) is 10.7 Å². The molecule has 0 saturated heterocycles. The van der Waals surface area contributed by atoms with E-state index in [1.807, 2.05) is 6.07 Å². The van der Waals surface area contributed by atoms with Crippen molar-refractivity contribution in [3.8, 4) is 5.75 Å². The third-order valence-corrected chi connectivity index (χ3v) is 4.30. The summed E-state index contributed by atoms with van der Waals surface area (Å²) < 4.78 is 0. The summed E-state index contributed by atoms with van der Waals surface area (Å²) in [5, 5.41) is 17.1. The van der Waals surface area contributed by atoms with Gasteiger partial charge in [0.2, 0.25) is 0 Å². The molecule has 0 fully saturated rings. The number of rotatable bonds is 13. The van der Waals surface area contributed by atoms with Crippen LogP contribution in [0, 0.1) is 0 Å². The summed E-state index contributed by atoms with van der Waals surface area (Å²) in [5.74, 6) is 0.227. The zero-order valence-corrected chi connectivity index (χ0v) is 16.3. The Hall–Kier alpha value is -1.62. The van der Waals surface area contributed by atoms with Crippen LogP contribution in [-0.4, -0.2) is 23.0 Å². The van der Waals surface area contributed by atoms with Crippen molar-refractivity contribution in [2.24, 2.45) is 5.10 Å². The zero-order chi connectivity index (χ0) is 18.2. The Labute approximate surface area is 158 Å². The molecule has 140 valence electrons. The van der Waals surface area contributed by atoms with E-state index in [4.69, 9.17) is 12.2 Å². The molecule has 0 aliphatic heterocycles. The predicted molar refractivity (Wildman–Crippen MR) is 111 cm³/mol. The quantitative estimate of drug-likeness (QED) is 0.197. The van der Waals surface area contributed by atoms with E-state index in [9.17, 15) is 5.11 Å². The van der Waals surface area contributed by atoms with E-state index in [0.717, 1.165) is 18.5 Å². The van der Waals surface area contributed by atoms with Crippen molar-refractivity contribution >= 4 is 23.5 Å². The van der Waals surface area contributed by atoms with Gasteiger partial charge in [-0.3, -0.25) is 5.43 Å². The average Bonchev–Trinajstić information content (AvgIpc) is 2.60. The SMILES string of the molecule is CCCCCCCCCCCCNC(=S)NN=Cc1cccc(O)c1. The maximum Gasteiger partial charge on any atom is 0.186 e. The third kappa shape index (κ3) is 12.4. The van der Waals surface area contributed by atoms with Crippen molar-refractivity contribution in [2.75, 3.05) is 6.54 Å². The van der Waals surface area contributed by atoms with Crippen LogP contribution < -0.4 is 10.7 Å². The fourth-order valence-electron chi connectivity index (χ4n) is 2.62. The molecule has 0 aliphatic rings. The van der Waals surface area contributed by atoms with Crippen molar-refractivity contribution in [3.63, 3.8) is 0 Å². The first-order chi connectivity index (χ1) is 12.2. The summed E-state index contributed by atoms with van der Waals surface area (Å²) in [6.07, 6.45) is 15.0.